The van der Waals surface area contributed by atoms with E-state index >= 15 is 0 Å². The van der Waals surface area contributed by atoms with Gasteiger partial charge in [0, 0.05) is 5.56 Å². The van der Waals surface area contributed by atoms with Gasteiger partial charge >= 0.3 is 17.9 Å². The van der Waals surface area contributed by atoms with Crippen molar-refractivity contribution in [2.45, 2.75) is 19.3 Å². The molecule has 0 amide bonds. The Morgan fingerprint density at radius 3 is 1.84 bits per heavy atom. The van der Waals surface area contributed by atoms with Crippen LogP contribution in [0.15, 0.2) is 42.0 Å². The van der Waals surface area contributed by atoms with Crippen LogP contribution in [0.4, 0.5) is 0 Å². The smallest absolute Gasteiger partial charge is 0.346 e. The van der Waals surface area contributed by atoms with E-state index in [4.69, 9.17) is 4.74 Å². The summed E-state index contributed by atoms with van der Waals surface area (Å²) in [5.41, 5.74) is 4.61. The third kappa shape index (κ3) is 1.99. The van der Waals surface area contributed by atoms with Gasteiger partial charge in [-0.2, -0.15) is 0 Å². The zero-order valence-corrected chi connectivity index (χ0v) is 13.1. The molecule has 25 heavy (non-hydrogen) atoms. The molecule has 0 aromatic heterocycles. The lowest BCUT2D eigenvalue weighted by atomic mass is 9.88. The number of carbonyl (C=O) groups excluding carboxylic acids is 3. The molecule has 1 fully saturated rings. The van der Waals surface area contributed by atoms with Gasteiger partial charge < -0.3 is 9.47 Å². The lowest BCUT2D eigenvalue weighted by Gasteiger charge is -2.18. The number of benzene rings is 2. The van der Waals surface area contributed by atoms with E-state index < -0.39 is 11.9 Å². The van der Waals surface area contributed by atoms with Crippen LogP contribution in [0, 0.1) is 0 Å². The highest BCUT2D eigenvalue weighted by Crippen LogP contribution is 2.41. The number of fused-ring (bicyclic) bond motifs is 2. The van der Waals surface area contributed by atoms with Gasteiger partial charge in [-0.3, -0.25) is 0 Å². The van der Waals surface area contributed by atoms with Gasteiger partial charge in [-0.1, -0.05) is 12.1 Å². The maximum atomic E-state index is 12.2. The van der Waals surface area contributed by atoms with Crippen molar-refractivity contribution in [2.24, 2.45) is 0 Å². The molecule has 0 unspecified atom stereocenters. The first kappa shape index (κ1) is 14.2. The lowest BCUT2D eigenvalue weighted by molar-refractivity contribution is 0.0443. The SMILES string of the molecule is O=C1OC(=O)c2cc(-c3ccc4c(c3)C(=O)OC4=C3CCC3)ccc21. The summed E-state index contributed by atoms with van der Waals surface area (Å²) in [6.07, 6.45) is 3.09. The predicted molar refractivity (Wildman–Crippen MR) is 87.8 cm³/mol. The molecule has 1 saturated carbocycles. The molecule has 0 spiro atoms. The van der Waals surface area contributed by atoms with Gasteiger partial charge in [0.2, 0.25) is 0 Å². The summed E-state index contributed by atoms with van der Waals surface area (Å²) in [4.78, 5) is 35.5. The molecule has 2 aromatic rings. The average molecular weight is 332 g/mol. The van der Waals surface area contributed by atoms with E-state index in [9.17, 15) is 14.4 Å². The molecule has 1 aliphatic carbocycles. The van der Waals surface area contributed by atoms with Crippen LogP contribution in [0.2, 0.25) is 0 Å². The maximum Gasteiger partial charge on any atom is 0.346 e. The van der Waals surface area contributed by atoms with Gasteiger partial charge in [-0.25, -0.2) is 14.4 Å². The predicted octanol–water partition coefficient (Wildman–Crippen LogP) is 3.73. The quantitative estimate of drug-likeness (QED) is 0.588. The highest BCUT2D eigenvalue weighted by Gasteiger charge is 2.32. The van der Waals surface area contributed by atoms with E-state index in [1.54, 1.807) is 24.3 Å². The van der Waals surface area contributed by atoms with E-state index in [0.717, 1.165) is 36.0 Å². The lowest BCUT2D eigenvalue weighted by Crippen LogP contribution is -2.01. The molecule has 5 rings (SSSR count). The second-order valence-electron chi connectivity index (χ2n) is 6.37. The third-order valence-corrected chi connectivity index (χ3v) is 4.94. The van der Waals surface area contributed by atoms with Crippen molar-refractivity contribution in [3.8, 4) is 11.1 Å². The maximum absolute atomic E-state index is 12.2. The second-order valence-corrected chi connectivity index (χ2v) is 6.37. The van der Waals surface area contributed by atoms with Crippen molar-refractivity contribution in [1.82, 2.24) is 0 Å². The zero-order chi connectivity index (χ0) is 17.1. The summed E-state index contributed by atoms with van der Waals surface area (Å²) in [7, 11) is 0. The van der Waals surface area contributed by atoms with Crippen LogP contribution >= 0.6 is 0 Å². The third-order valence-electron chi connectivity index (χ3n) is 4.94. The van der Waals surface area contributed by atoms with Gasteiger partial charge in [-0.15, -0.1) is 0 Å². The zero-order valence-electron chi connectivity index (χ0n) is 13.1. The second kappa shape index (κ2) is 4.89. The Labute approximate surface area is 142 Å². The molecule has 5 heteroatoms. The topological polar surface area (TPSA) is 69.7 Å². The van der Waals surface area contributed by atoms with Crippen molar-refractivity contribution in [3.63, 3.8) is 0 Å². The minimum absolute atomic E-state index is 0.253. The molecule has 2 aliphatic heterocycles. The Balaban J connectivity index is 1.60. The van der Waals surface area contributed by atoms with E-state index in [-0.39, 0.29) is 17.1 Å². The van der Waals surface area contributed by atoms with Gasteiger partial charge in [-0.05, 0) is 60.2 Å². The van der Waals surface area contributed by atoms with Crippen molar-refractivity contribution < 1.29 is 23.9 Å². The van der Waals surface area contributed by atoms with Crippen LogP contribution in [0.5, 0.6) is 0 Å². The first-order valence-corrected chi connectivity index (χ1v) is 8.11. The highest BCUT2D eigenvalue weighted by atomic mass is 16.6. The fourth-order valence-corrected chi connectivity index (χ4v) is 3.40. The van der Waals surface area contributed by atoms with Crippen LogP contribution in [0.1, 0.15) is 55.9 Å². The summed E-state index contributed by atoms with van der Waals surface area (Å²) in [5.74, 6) is -0.900. The Bertz CT molecular complexity index is 1020. The van der Waals surface area contributed by atoms with Gasteiger partial charge in [0.1, 0.15) is 5.76 Å². The molecule has 0 saturated heterocycles. The van der Waals surface area contributed by atoms with Crippen molar-refractivity contribution in [2.75, 3.05) is 0 Å². The van der Waals surface area contributed by atoms with Gasteiger partial charge in [0.05, 0.1) is 16.7 Å². The van der Waals surface area contributed by atoms with Crippen LogP contribution < -0.4 is 0 Å². The molecule has 2 aromatic carbocycles. The molecule has 0 bridgehead atoms. The number of allylic oxidation sites excluding steroid dienone is 1. The molecule has 122 valence electrons. The molecule has 0 N–H and O–H groups in total. The van der Waals surface area contributed by atoms with E-state index in [2.05, 4.69) is 4.74 Å². The standard InChI is InChI=1S/C20H12O5/c21-18-14-7-5-12(9-16(14)20(23)25-18)11-4-6-13-15(8-11)19(22)24-17(13)10-2-1-3-10/h4-9H,1-3H2. The Kier molecular flexibility index (Phi) is 2.77. The number of esters is 3. The van der Waals surface area contributed by atoms with Crippen molar-refractivity contribution >= 4 is 23.7 Å². The Morgan fingerprint density at radius 1 is 0.640 bits per heavy atom. The highest BCUT2D eigenvalue weighted by molar-refractivity contribution is 6.15. The normalized spacial score (nSPS) is 17.8. The van der Waals surface area contributed by atoms with Crippen LogP contribution in [-0.4, -0.2) is 17.9 Å². The molecule has 5 nitrogen and oxygen atoms in total. The molecular weight excluding hydrogens is 320 g/mol. The molecular formula is C20H12O5. The number of hydrogen-bond acceptors (Lipinski definition) is 5. The van der Waals surface area contributed by atoms with Gasteiger partial charge in [0.25, 0.3) is 0 Å². The van der Waals surface area contributed by atoms with E-state index in [1.165, 1.54) is 5.57 Å². The number of ether oxygens (including phenoxy) is 2. The monoisotopic (exact) mass is 332 g/mol. The van der Waals surface area contributed by atoms with E-state index in [0.29, 0.717) is 11.3 Å². The average Bonchev–Trinajstić information content (AvgIpc) is 3.03. The number of carbonyl (C=O) groups is 3. The number of cyclic esters (lactones) is 3. The summed E-state index contributed by atoms with van der Waals surface area (Å²) >= 11 is 0. The summed E-state index contributed by atoms with van der Waals surface area (Å²) in [5, 5.41) is 0. The number of hydrogen-bond donors (Lipinski definition) is 0. The summed E-state index contributed by atoms with van der Waals surface area (Å²) in [6.45, 7) is 0. The first-order valence-electron chi connectivity index (χ1n) is 8.11. The van der Waals surface area contributed by atoms with Crippen LogP contribution in [0.3, 0.4) is 0 Å². The molecule has 2 heterocycles. The summed E-state index contributed by atoms with van der Waals surface area (Å²) in [6, 6.07) is 10.5. The minimum Gasteiger partial charge on any atom is -0.422 e. The summed E-state index contributed by atoms with van der Waals surface area (Å²) < 4.78 is 10.1. The number of rotatable bonds is 1. The largest absolute Gasteiger partial charge is 0.422 e. The Hall–Kier alpha value is -3.21. The van der Waals surface area contributed by atoms with Crippen molar-refractivity contribution in [1.29, 1.82) is 0 Å². The van der Waals surface area contributed by atoms with Crippen LogP contribution in [-0.2, 0) is 9.47 Å². The minimum atomic E-state index is -0.639. The van der Waals surface area contributed by atoms with Crippen molar-refractivity contribution in [3.05, 3.63) is 64.2 Å². The molecule has 3 aliphatic rings. The fraction of sp³-hybridized carbons (Fsp3) is 0.150. The molecule has 0 atom stereocenters. The fourth-order valence-electron chi connectivity index (χ4n) is 3.40. The van der Waals surface area contributed by atoms with E-state index in [1.807, 2.05) is 12.1 Å². The van der Waals surface area contributed by atoms with Crippen LogP contribution in [0.25, 0.3) is 16.9 Å². The Morgan fingerprint density at radius 2 is 1.20 bits per heavy atom. The molecule has 0 radical (unpaired) electrons. The van der Waals surface area contributed by atoms with Gasteiger partial charge in [0.15, 0.2) is 0 Å². The first-order chi connectivity index (χ1) is 12.1.